The van der Waals surface area contributed by atoms with Gasteiger partial charge in [0.15, 0.2) is 0 Å². The Morgan fingerprint density at radius 1 is 0.941 bits per heavy atom. The summed E-state index contributed by atoms with van der Waals surface area (Å²) in [5.74, 6) is -0.332. The van der Waals surface area contributed by atoms with Gasteiger partial charge < -0.3 is 14.4 Å². The van der Waals surface area contributed by atoms with Crippen LogP contribution in [0.4, 0.5) is 10.1 Å². The van der Waals surface area contributed by atoms with Crippen LogP contribution in [-0.4, -0.2) is 52.0 Å². The van der Waals surface area contributed by atoms with Gasteiger partial charge in [-0.3, -0.25) is 0 Å². The molecule has 3 aromatic rings. The van der Waals surface area contributed by atoms with E-state index in [0.29, 0.717) is 24.4 Å². The number of carbonyl (C=O) groups excluding carboxylic acids is 1. The third-order valence-electron chi connectivity index (χ3n) is 5.69. The number of piperazine rings is 1. The van der Waals surface area contributed by atoms with E-state index in [9.17, 15) is 17.6 Å². The number of anilines is 1. The van der Waals surface area contributed by atoms with Gasteiger partial charge in [-0.05, 0) is 48.5 Å². The molecule has 1 saturated heterocycles. The van der Waals surface area contributed by atoms with Gasteiger partial charge in [0.1, 0.15) is 18.2 Å². The first-order valence-corrected chi connectivity index (χ1v) is 12.2. The van der Waals surface area contributed by atoms with E-state index in [1.807, 2.05) is 17.0 Å². The minimum atomic E-state index is -3.79. The van der Waals surface area contributed by atoms with Crippen molar-refractivity contribution in [2.45, 2.75) is 11.5 Å². The zero-order valence-corrected chi connectivity index (χ0v) is 19.5. The van der Waals surface area contributed by atoms with Gasteiger partial charge in [-0.1, -0.05) is 24.3 Å². The van der Waals surface area contributed by atoms with Gasteiger partial charge in [0, 0.05) is 37.4 Å². The highest BCUT2D eigenvalue weighted by atomic mass is 32.2. The average Bonchev–Trinajstić information content (AvgIpc) is 2.88. The van der Waals surface area contributed by atoms with Crippen LogP contribution in [0.15, 0.2) is 77.7 Å². The van der Waals surface area contributed by atoms with E-state index in [4.69, 9.17) is 9.47 Å². The molecular weight excluding hydrogens is 459 g/mol. The highest BCUT2D eigenvalue weighted by molar-refractivity contribution is 7.89. The van der Waals surface area contributed by atoms with E-state index in [-0.39, 0.29) is 36.0 Å². The van der Waals surface area contributed by atoms with Crippen molar-refractivity contribution in [3.05, 3.63) is 89.7 Å². The molecule has 0 radical (unpaired) electrons. The summed E-state index contributed by atoms with van der Waals surface area (Å²) in [6.07, 6.45) is 0. The van der Waals surface area contributed by atoms with E-state index >= 15 is 0 Å². The normalized spacial score (nSPS) is 14.6. The van der Waals surface area contributed by atoms with Gasteiger partial charge >= 0.3 is 5.97 Å². The summed E-state index contributed by atoms with van der Waals surface area (Å²) in [4.78, 5) is 14.6. The van der Waals surface area contributed by atoms with Crippen molar-refractivity contribution in [3.8, 4) is 5.75 Å². The molecule has 3 aromatic carbocycles. The second-order valence-electron chi connectivity index (χ2n) is 7.78. The highest BCUT2D eigenvalue weighted by Crippen LogP contribution is 2.23. The number of nitrogens with zero attached hydrogens (tertiary/aromatic N) is 2. The van der Waals surface area contributed by atoms with Crippen LogP contribution < -0.4 is 9.64 Å². The van der Waals surface area contributed by atoms with Gasteiger partial charge in [0.2, 0.25) is 10.0 Å². The molecule has 0 unspecified atom stereocenters. The van der Waals surface area contributed by atoms with Gasteiger partial charge in [-0.15, -0.1) is 0 Å². The van der Waals surface area contributed by atoms with Crippen LogP contribution >= 0.6 is 0 Å². The van der Waals surface area contributed by atoms with E-state index in [0.717, 1.165) is 5.69 Å². The van der Waals surface area contributed by atoms with E-state index in [1.165, 1.54) is 47.8 Å². The van der Waals surface area contributed by atoms with Crippen LogP contribution in [-0.2, 0) is 21.4 Å². The smallest absolute Gasteiger partial charge is 0.338 e. The molecule has 1 aliphatic rings. The summed E-state index contributed by atoms with van der Waals surface area (Å²) in [6, 6.07) is 19.2. The average molecular weight is 485 g/mol. The minimum Gasteiger partial charge on any atom is -0.496 e. The Kier molecular flexibility index (Phi) is 7.14. The SMILES string of the molecule is COc1ccccc1COC(=O)c1cccc(S(=O)(=O)N2CCN(c3ccc(F)cc3)CC2)c1. The van der Waals surface area contributed by atoms with Crippen molar-refractivity contribution in [2.24, 2.45) is 0 Å². The zero-order valence-electron chi connectivity index (χ0n) is 18.7. The Hall–Kier alpha value is -3.43. The maximum Gasteiger partial charge on any atom is 0.338 e. The van der Waals surface area contributed by atoms with Crippen molar-refractivity contribution in [1.82, 2.24) is 4.31 Å². The lowest BCUT2D eigenvalue weighted by Gasteiger charge is -2.35. The fourth-order valence-corrected chi connectivity index (χ4v) is 5.29. The van der Waals surface area contributed by atoms with Crippen LogP contribution in [0.25, 0.3) is 0 Å². The molecule has 0 amide bonds. The molecule has 0 spiro atoms. The van der Waals surface area contributed by atoms with E-state index in [2.05, 4.69) is 0 Å². The number of hydrogen-bond acceptors (Lipinski definition) is 6. The van der Waals surface area contributed by atoms with Gasteiger partial charge in [0.05, 0.1) is 17.6 Å². The lowest BCUT2D eigenvalue weighted by atomic mass is 10.2. The zero-order chi connectivity index (χ0) is 24.1. The molecule has 1 aliphatic heterocycles. The number of rotatable bonds is 7. The van der Waals surface area contributed by atoms with Crippen molar-refractivity contribution in [1.29, 1.82) is 0 Å². The Morgan fingerprint density at radius 3 is 2.35 bits per heavy atom. The molecule has 178 valence electrons. The summed E-state index contributed by atoms with van der Waals surface area (Å²) < 4.78 is 51.6. The van der Waals surface area contributed by atoms with E-state index in [1.54, 1.807) is 24.3 Å². The lowest BCUT2D eigenvalue weighted by molar-refractivity contribution is 0.0470. The summed E-state index contributed by atoms with van der Waals surface area (Å²) in [5, 5.41) is 0. The van der Waals surface area contributed by atoms with E-state index < -0.39 is 16.0 Å². The molecule has 0 aromatic heterocycles. The van der Waals surface area contributed by atoms with Crippen LogP contribution in [0.3, 0.4) is 0 Å². The monoisotopic (exact) mass is 484 g/mol. The molecule has 34 heavy (non-hydrogen) atoms. The lowest BCUT2D eigenvalue weighted by Crippen LogP contribution is -2.48. The molecular formula is C25H25FN2O5S. The number of hydrogen-bond donors (Lipinski definition) is 0. The first-order valence-electron chi connectivity index (χ1n) is 10.8. The molecule has 0 N–H and O–H groups in total. The summed E-state index contributed by atoms with van der Waals surface area (Å²) in [5.41, 5.74) is 1.71. The molecule has 7 nitrogen and oxygen atoms in total. The fourth-order valence-electron chi connectivity index (χ4n) is 3.82. The van der Waals surface area contributed by atoms with Crippen LogP contribution in [0, 0.1) is 5.82 Å². The number of sulfonamides is 1. The van der Waals surface area contributed by atoms with Crippen molar-refractivity contribution < 1.29 is 27.1 Å². The molecule has 4 rings (SSSR count). The molecule has 0 saturated carbocycles. The first-order chi connectivity index (χ1) is 16.4. The number of carbonyl (C=O) groups is 1. The quantitative estimate of drug-likeness (QED) is 0.476. The topological polar surface area (TPSA) is 76.1 Å². The predicted molar refractivity (Wildman–Crippen MR) is 126 cm³/mol. The van der Waals surface area contributed by atoms with Gasteiger partial charge in [0.25, 0.3) is 0 Å². The Labute approximate surface area is 198 Å². The Balaban J connectivity index is 1.42. The van der Waals surface area contributed by atoms with Gasteiger partial charge in [-0.25, -0.2) is 17.6 Å². The number of ether oxygens (including phenoxy) is 2. The summed E-state index contributed by atoms with van der Waals surface area (Å²) in [7, 11) is -2.25. The number of halogens is 1. The number of benzene rings is 3. The van der Waals surface area contributed by atoms with Crippen molar-refractivity contribution in [3.63, 3.8) is 0 Å². The van der Waals surface area contributed by atoms with Crippen molar-refractivity contribution >= 4 is 21.7 Å². The first kappa shape index (κ1) is 23.7. The van der Waals surface area contributed by atoms with Crippen LogP contribution in [0.2, 0.25) is 0 Å². The third-order valence-corrected chi connectivity index (χ3v) is 7.58. The standard InChI is InChI=1S/C25H25FN2O5S/c1-32-24-8-3-2-5-20(24)18-33-25(29)19-6-4-7-23(17-19)34(30,31)28-15-13-27(14-16-28)22-11-9-21(26)10-12-22/h2-12,17H,13-16,18H2,1H3. The molecule has 1 heterocycles. The van der Waals surface area contributed by atoms with Crippen LogP contribution in [0.1, 0.15) is 15.9 Å². The Morgan fingerprint density at radius 2 is 1.65 bits per heavy atom. The maximum absolute atomic E-state index is 13.2. The van der Waals surface area contributed by atoms with Crippen LogP contribution in [0.5, 0.6) is 5.75 Å². The molecule has 0 bridgehead atoms. The number of esters is 1. The summed E-state index contributed by atoms with van der Waals surface area (Å²) >= 11 is 0. The molecule has 9 heteroatoms. The number of para-hydroxylation sites is 1. The number of methoxy groups -OCH3 is 1. The van der Waals surface area contributed by atoms with Crippen molar-refractivity contribution in [2.75, 3.05) is 38.2 Å². The maximum atomic E-state index is 13.2. The second-order valence-corrected chi connectivity index (χ2v) is 9.72. The Bertz CT molecular complexity index is 1260. The fraction of sp³-hybridized carbons (Fsp3) is 0.240. The largest absolute Gasteiger partial charge is 0.496 e. The molecule has 0 aliphatic carbocycles. The third kappa shape index (κ3) is 5.21. The highest BCUT2D eigenvalue weighted by Gasteiger charge is 2.29. The summed E-state index contributed by atoms with van der Waals surface area (Å²) in [6.45, 7) is 1.52. The predicted octanol–water partition coefficient (Wildman–Crippen LogP) is 3.70. The second kappa shape index (κ2) is 10.2. The molecule has 1 fully saturated rings. The van der Waals surface area contributed by atoms with Gasteiger partial charge in [-0.2, -0.15) is 4.31 Å². The molecule has 0 atom stereocenters. The minimum absolute atomic E-state index is 0.00513.